The smallest absolute Gasteiger partial charge is 0.256 e. The molecule has 4 aromatic rings. The molecule has 0 radical (unpaired) electrons. The van der Waals surface area contributed by atoms with Crippen molar-refractivity contribution in [2.24, 2.45) is 0 Å². The molecule has 0 aliphatic heterocycles. The first kappa shape index (κ1) is 21.1. The summed E-state index contributed by atoms with van der Waals surface area (Å²) in [5.41, 5.74) is 2.48. The molecule has 31 heavy (non-hydrogen) atoms. The predicted molar refractivity (Wildman–Crippen MR) is 123 cm³/mol. The zero-order valence-electron chi connectivity index (χ0n) is 16.8. The Hall–Kier alpha value is -3.10. The number of carbonyl (C=O) groups excluding carboxylic acids is 1. The van der Waals surface area contributed by atoms with E-state index in [0.717, 1.165) is 26.9 Å². The van der Waals surface area contributed by atoms with Crippen molar-refractivity contribution in [3.63, 3.8) is 0 Å². The standard InChI is InChI=1S/C23H20N4O2S2/c1-16-25-21(29-27-16)15-30-20-10-3-2-9-19(20)23(28)26-18-8-6-7-17(13-18)14-31-22-11-4-5-12-24-22/h2-13H,14-15H2,1H3,(H,26,28). The first-order valence-corrected chi connectivity index (χ1v) is 11.6. The van der Waals surface area contributed by atoms with Gasteiger partial charge in [0, 0.05) is 22.5 Å². The summed E-state index contributed by atoms with van der Waals surface area (Å²) < 4.78 is 5.16. The van der Waals surface area contributed by atoms with Gasteiger partial charge < -0.3 is 9.84 Å². The summed E-state index contributed by atoms with van der Waals surface area (Å²) in [5.74, 6) is 2.26. The van der Waals surface area contributed by atoms with Crippen molar-refractivity contribution < 1.29 is 9.32 Å². The van der Waals surface area contributed by atoms with Crippen LogP contribution in [0.15, 0.2) is 87.4 Å². The Kier molecular flexibility index (Phi) is 7.01. The van der Waals surface area contributed by atoms with E-state index in [1.54, 1.807) is 24.9 Å². The first-order chi connectivity index (χ1) is 15.2. The summed E-state index contributed by atoms with van der Waals surface area (Å²) in [6.45, 7) is 1.78. The van der Waals surface area contributed by atoms with Crippen LogP contribution in [0.1, 0.15) is 27.6 Å². The van der Waals surface area contributed by atoms with E-state index >= 15 is 0 Å². The molecule has 4 rings (SSSR count). The zero-order chi connectivity index (χ0) is 21.5. The number of thioether (sulfide) groups is 2. The molecule has 0 aliphatic rings. The molecule has 2 aromatic carbocycles. The van der Waals surface area contributed by atoms with Gasteiger partial charge >= 0.3 is 0 Å². The molecule has 0 atom stereocenters. The fourth-order valence-corrected chi connectivity index (χ4v) is 4.54. The number of hydrogen-bond donors (Lipinski definition) is 1. The van der Waals surface area contributed by atoms with E-state index in [4.69, 9.17) is 4.52 Å². The van der Waals surface area contributed by atoms with E-state index in [1.165, 1.54) is 11.8 Å². The summed E-state index contributed by atoms with van der Waals surface area (Å²) in [5, 5.41) is 7.78. The number of nitrogens with zero attached hydrogens (tertiary/aromatic N) is 3. The Labute approximate surface area is 188 Å². The van der Waals surface area contributed by atoms with Crippen LogP contribution in [0, 0.1) is 6.92 Å². The maximum atomic E-state index is 12.9. The topological polar surface area (TPSA) is 80.9 Å². The molecule has 156 valence electrons. The van der Waals surface area contributed by atoms with Crippen LogP contribution in [-0.2, 0) is 11.5 Å². The van der Waals surface area contributed by atoms with Crippen LogP contribution in [-0.4, -0.2) is 21.0 Å². The Morgan fingerprint density at radius 2 is 1.87 bits per heavy atom. The van der Waals surface area contributed by atoms with Gasteiger partial charge in [0.1, 0.15) is 0 Å². The molecule has 8 heteroatoms. The van der Waals surface area contributed by atoms with E-state index in [0.29, 0.717) is 23.0 Å². The molecule has 0 saturated heterocycles. The van der Waals surface area contributed by atoms with E-state index in [-0.39, 0.29) is 5.91 Å². The molecule has 1 N–H and O–H groups in total. The lowest BCUT2D eigenvalue weighted by atomic mass is 10.2. The zero-order valence-corrected chi connectivity index (χ0v) is 18.5. The highest BCUT2D eigenvalue weighted by Crippen LogP contribution is 2.27. The molecule has 6 nitrogen and oxygen atoms in total. The van der Waals surface area contributed by atoms with Crippen molar-refractivity contribution in [3.8, 4) is 0 Å². The fourth-order valence-electron chi connectivity index (χ4n) is 2.85. The van der Waals surface area contributed by atoms with Gasteiger partial charge in [-0.1, -0.05) is 35.5 Å². The highest BCUT2D eigenvalue weighted by Gasteiger charge is 2.13. The Balaban J connectivity index is 1.41. The number of nitrogens with one attached hydrogen (secondary N) is 1. The van der Waals surface area contributed by atoms with Crippen molar-refractivity contribution in [2.45, 2.75) is 28.4 Å². The van der Waals surface area contributed by atoms with E-state index < -0.39 is 0 Å². The lowest BCUT2D eigenvalue weighted by Crippen LogP contribution is -2.13. The summed E-state index contributed by atoms with van der Waals surface area (Å²) >= 11 is 3.15. The van der Waals surface area contributed by atoms with Crippen LogP contribution in [0.2, 0.25) is 0 Å². The average Bonchev–Trinajstić information content (AvgIpc) is 3.22. The summed E-state index contributed by atoms with van der Waals surface area (Å²) in [7, 11) is 0. The third kappa shape index (κ3) is 5.96. The molecular formula is C23H20N4O2S2. The van der Waals surface area contributed by atoms with Gasteiger partial charge in [-0.3, -0.25) is 4.79 Å². The van der Waals surface area contributed by atoms with Gasteiger partial charge in [-0.15, -0.1) is 23.5 Å². The van der Waals surface area contributed by atoms with Gasteiger partial charge in [-0.2, -0.15) is 4.98 Å². The number of benzene rings is 2. The van der Waals surface area contributed by atoms with Gasteiger partial charge in [0.2, 0.25) is 5.89 Å². The van der Waals surface area contributed by atoms with Gasteiger partial charge in [0.25, 0.3) is 5.91 Å². The lowest BCUT2D eigenvalue weighted by molar-refractivity contribution is 0.102. The maximum Gasteiger partial charge on any atom is 0.256 e. The van der Waals surface area contributed by atoms with Crippen molar-refractivity contribution in [2.75, 3.05) is 5.32 Å². The monoisotopic (exact) mass is 448 g/mol. The highest BCUT2D eigenvalue weighted by atomic mass is 32.2. The molecule has 2 aromatic heterocycles. The summed E-state index contributed by atoms with van der Waals surface area (Å²) in [4.78, 5) is 22.4. The van der Waals surface area contributed by atoms with Crippen LogP contribution in [0.25, 0.3) is 0 Å². The second-order valence-corrected chi connectivity index (χ2v) is 8.64. The number of aryl methyl sites for hydroxylation is 1. The SMILES string of the molecule is Cc1noc(CSc2ccccc2C(=O)Nc2cccc(CSc3ccccn3)c2)n1. The molecule has 0 aliphatic carbocycles. The maximum absolute atomic E-state index is 12.9. The van der Waals surface area contributed by atoms with Crippen molar-refractivity contribution in [3.05, 3.63) is 95.8 Å². The van der Waals surface area contributed by atoms with E-state index in [2.05, 4.69) is 20.4 Å². The number of anilines is 1. The molecular weight excluding hydrogens is 428 g/mol. The number of aromatic nitrogens is 3. The van der Waals surface area contributed by atoms with Crippen molar-refractivity contribution in [1.82, 2.24) is 15.1 Å². The molecule has 0 fully saturated rings. The third-order valence-electron chi connectivity index (χ3n) is 4.26. The fraction of sp³-hybridized carbons (Fsp3) is 0.130. The molecule has 0 spiro atoms. The Morgan fingerprint density at radius 1 is 1.00 bits per heavy atom. The third-order valence-corrected chi connectivity index (χ3v) is 6.34. The molecule has 0 saturated carbocycles. The van der Waals surface area contributed by atoms with Crippen LogP contribution in [0.5, 0.6) is 0 Å². The van der Waals surface area contributed by atoms with Crippen molar-refractivity contribution in [1.29, 1.82) is 0 Å². The second kappa shape index (κ2) is 10.3. The normalized spacial score (nSPS) is 10.7. The molecule has 0 unspecified atom stereocenters. The number of amides is 1. The number of rotatable bonds is 8. The number of hydrogen-bond acceptors (Lipinski definition) is 7. The van der Waals surface area contributed by atoms with Gasteiger partial charge in [-0.05, 0) is 48.9 Å². The second-order valence-electron chi connectivity index (χ2n) is 6.63. The van der Waals surface area contributed by atoms with Gasteiger partial charge in [-0.25, -0.2) is 4.98 Å². The summed E-state index contributed by atoms with van der Waals surface area (Å²) in [6, 6.07) is 21.2. The number of pyridine rings is 1. The summed E-state index contributed by atoms with van der Waals surface area (Å²) in [6.07, 6.45) is 1.79. The van der Waals surface area contributed by atoms with Gasteiger partial charge in [0.05, 0.1) is 16.3 Å². The van der Waals surface area contributed by atoms with Gasteiger partial charge in [0.15, 0.2) is 5.82 Å². The van der Waals surface area contributed by atoms with Crippen molar-refractivity contribution >= 4 is 35.1 Å². The van der Waals surface area contributed by atoms with Crippen LogP contribution in [0.4, 0.5) is 5.69 Å². The lowest BCUT2D eigenvalue weighted by Gasteiger charge is -2.10. The highest BCUT2D eigenvalue weighted by molar-refractivity contribution is 7.98. The minimum Gasteiger partial charge on any atom is -0.338 e. The van der Waals surface area contributed by atoms with Crippen LogP contribution < -0.4 is 5.32 Å². The molecule has 0 bridgehead atoms. The Morgan fingerprint density at radius 3 is 2.68 bits per heavy atom. The Bertz CT molecular complexity index is 1160. The molecule has 1 amide bonds. The minimum atomic E-state index is -0.153. The quantitative estimate of drug-likeness (QED) is 0.351. The van der Waals surface area contributed by atoms with Crippen LogP contribution in [0.3, 0.4) is 0 Å². The molecule has 2 heterocycles. The predicted octanol–water partition coefficient (Wildman–Crippen LogP) is 5.61. The number of carbonyl (C=O) groups is 1. The average molecular weight is 449 g/mol. The van der Waals surface area contributed by atoms with E-state index in [1.807, 2.05) is 66.7 Å². The van der Waals surface area contributed by atoms with E-state index in [9.17, 15) is 4.79 Å². The largest absolute Gasteiger partial charge is 0.338 e. The van der Waals surface area contributed by atoms with Crippen LogP contribution >= 0.6 is 23.5 Å². The minimum absolute atomic E-state index is 0.153. The first-order valence-electron chi connectivity index (χ1n) is 9.62.